The van der Waals surface area contributed by atoms with E-state index in [0.717, 1.165) is 12.8 Å². The van der Waals surface area contributed by atoms with E-state index in [1.165, 1.54) is 0 Å². The van der Waals surface area contributed by atoms with E-state index in [0.29, 0.717) is 18.3 Å². The zero-order valence-corrected chi connectivity index (χ0v) is 8.54. The number of nitrogens with zero attached hydrogens (tertiary/aromatic N) is 2. The van der Waals surface area contributed by atoms with Gasteiger partial charge in [0.05, 0.1) is 0 Å². The Labute approximate surface area is 82.2 Å². The molecule has 1 heterocycles. The van der Waals surface area contributed by atoms with Gasteiger partial charge in [-0.3, -0.25) is 0 Å². The average molecular weight is 205 g/mol. The van der Waals surface area contributed by atoms with Crippen LogP contribution in [-0.2, 0) is 11.2 Å². The van der Waals surface area contributed by atoms with Crippen LogP contribution in [0, 0.1) is 0 Å². The van der Waals surface area contributed by atoms with E-state index in [1.807, 2.05) is 0 Å². The fourth-order valence-corrected chi connectivity index (χ4v) is 0.994. The molecular weight excluding hydrogens is 192 g/mol. The zero-order valence-electron chi connectivity index (χ0n) is 7.79. The minimum absolute atomic E-state index is 0.219. The lowest BCUT2D eigenvalue weighted by Gasteiger charge is -1.93. The van der Waals surface area contributed by atoms with Gasteiger partial charge in [0.2, 0.25) is 5.89 Å². The standard InChI is InChI=1S/C8H13ClN2O2/c1-6(9)8-10-7(11-13-8)4-3-5-12-2/h6H,3-5H2,1-2H3. The van der Waals surface area contributed by atoms with Crippen molar-refractivity contribution < 1.29 is 9.26 Å². The Morgan fingerprint density at radius 2 is 2.38 bits per heavy atom. The van der Waals surface area contributed by atoms with Crippen molar-refractivity contribution in [3.63, 3.8) is 0 Å². The molecule has 0 aliphatic carbocycles. The summed E-state index contributed by atoms with van der Waals surface area (Å²) in [5, 5.41) is 3.56. The van der Waals surface area contributed by atoms with E-state index in [9.17, 15) is 0 Å². The van der Waals surface area contributed by atoms with Gasteiger partial charge in [0, 0.05) is 20.1 Å². The highest BCUT2D eigenvalue weighted by Gasteiger charge is 2.10. The monoisotopic (exact) mass is 204 g/mol. The molecule has 1 atom stereocenters. The molecule has 5 heteroatoms. The summed E-state index contributed by atoms with van der Waals surface area (Å²) in [6, 6.07) is 0. The molecular formula is C8H13ClN2O2. The van der Waals surface area contributed by atoms with Crippen LogP contribution in [0.4, 0.5) is 0 Å². The summed E-state index contributed by atoms with van der Waals surface area (Å²) in [5.74, 6) is 1.17. The molecule has 1 unspecified atom stereocenters. The van der Waals surface area contributed by atoms with E-state index >= 15 is 0 Å². The molecule has 0 aliphatic heterocycles. The lowest BCUT2D eigenvalue weighted by atomic mass is 10.3. The minimum atomic E-state index is -0.219. The SMILES string of the molecule is COCCCc1noc(C(C)Cl)n1. The van der Waals surface area contributed by atoms with E-state index in [1.54, 1.807) is 14.0 Å². The summed E-state index contributed by atoms with van der Waals surface area (Å²) in [6.45, 7) is 2.51. The summed E-state index contributed by atoms with van der Waals surface area (Å²) < 4.78 is 9.83. The van der Waals surface area contributed by atoms with Crippen molar-refractivity contribution in [2.45, 2.75) is 25.1 Å². The predicted octanol–water partition coefficient (Wildman–Crippen LogP) is 1.95. The number of ether oxygens (including phenoxy) is 1. The van der Waals surface area contributed by atoms with E-state index in [4.69, 9.17) is 20.9 Å². The number of methoxy groups -OCH3 is 1. The largest absolute Gasteiger partial charge is 0.385 e. The highest BCUT2D eigenvalue weighted by molar-refractivity contribution is 6.20. The van der Waals surface area contributed by atoms with Crippen LogP contribution in [0.25, 0.3) is 0 Å². The Kier molecular flexibility index (Phi) is 4.18. The van der Waals surface area contributed by atoms with Gasteiger partial charge in [-0.15, -0.1) is 11.6 Å². The maximum absolute atomic E-state index is 5.76. The molecule has 0 amide bonds. The van der Waals surface area contributed by atoms with Gasteiger partial charge < -0.3 is 9.26 Å². The van der Waals surface area contributed by atoms with Crippen LogP contribution in [0.1, 0.15) is 30.4 Å². The van der Waals surface area contributed by atoms with Gasteiger partial charge in [-0.25, -0.2) is 0 Å². The van der Waals surface area contributed by atoms with Crippen molar-refractivity contribution in [1.29, 1.82) is 0 Å². The van der Waals surface area contributed by atoms with Crippen LogP contribution in [0.3, 0.4) is 0 Å². The van der Waals surface area contributed by atoms with Crippen LogP contribution < -0.4 is 0 Å². The molecule has 0 aliphatic rings. The molecule has 1 aromatic heterocycles. The fraction of sp³-hybridized carbons (Fsp3) is 0.750. The number of rotatable bonds is 5. The molecule has 1 aromatic rings. The Morgan fingerprint density at radius 3 is 2.92 bits per heavy atom. The maximum atomic E-state index is 5.76. The Hall–Kier alpha value is -0.610. The van der Waals surface area contributed by atoms with Crippen molar-refractivity contribution in [3.8, 4) is 0 Å². The smallest absolute Gasteiger partial charge is 0.244 e. The Bertz CT molecular complexity index is 250. The van der Waals surface area contributed by atoms with Crippen molar-refractivity contribution >= 4 is 11.6 Å². The lowest BCUT2D eigenvalue weighted by Crippen LogP contribution is -1.94. The van der Waals surface area contributed by atoms with Gasteiger partial charge in [-0.1, -0.05) is 5.16 Å². The molecule has 0 bridgehead atoms. The third-order valence-electron chi connectivity index (χ3n) is 1.57. The van der Waals surface area contributed by atoms with Crippen LogP contribution in [0.15, 0.2) is 4.52 Å². The van der Waals surface area contributed by atoms with Crippen LogP contribution >= 0.6 is 11.6 Å². The van der Waals surface area contributed by atoms with Gasteiger partial charge in [0.25, 0.3) is 0 Å². The second-order valence-corrected chi connectivity index (χ2v) is 3.42. The van der Waals surface area contributed by atoms with Crippen molar-refractivity contribution in [2.24, 2.45) is 0 Å². The first-order chi connectivity index (χ1) is 6.24. The number of hydrogen-bond donors (Lipinski definition) is 0. The van der Waals surface area contributed by atoms with Crippen molar-refractivity contribution in [3.05, 3.63) is 11.7 Å². The highest BCUT2D eigenvalue weighted by Crippen LogP contribution is 2.16. The number of aromatic nitrogens is 2. The molecule has 4 nitrogen and oxygen atoms in total. The third kappa shape index (κ3) is 3.32. The molecule has 0 fully saturated rings. The van der Waals surface area contributed by atoms with Crippen molar-refractivity contribution in [2.75, 3.05) is 13.7 Å². The lowest BCUT2D eigenvalue weighted by molar-refractivity contribution is 0.194. The predicted molar refractivity (Wildman–Crippen MR) is 48.8 cm³/mol. The third-order valence-corrected chi connectivity index (χ3v) is 1.76. The quantitative estimate of drug-likeness (QED) is 0.543. The number of halogens is 1. The summed E-state index contributed by atoms with van der Waals surface area (Å²) in [4.78, 5) is 4.12. The second kappa shape index (κ2) is 5.19. The van der Waals surface area contributed by atoms with E-state index < -0.39 is 0 Å². The minimum Gasteiger partial charge on any atom is -0.385 e. The number of hydrogen-bond acceptors (Lipinski definition) is 4. The summed E-state index contributed by atoms with van der Waals surface area (Å²) in [6.07, 6.45) is 1.66. The molecule has 0 saturated heterocycles. The van der Waals surface area contributed by atoms with E-state index in [-0.39, 0.29) is 5.38 Å². The topological polar surface area (TPSA) is 48.2 Å². The van der Waals surface area contributed by atoms with Crippen LogP contribution in [0.2, 0.25) is 0 Å². The Balaban J connectivity index is 2.40. The number of alkyl halides is 1. The molecule has 0 saturated carbocycles. The molecule has 74 valence electrons. The molecule has 1 rings (SSSR count). The maximum Gasteiger partial charge on any atom is 0.244 e. The summed E-state index contributed by atoms with van der Waals surface area (Å²) in [7, 11) is 1.67. The first-order valence-corrected chi connectivity index (χ1v) is 4.63. The second-order valence-electron chi connectivity index (χ2n) is 2.76. The van der Waals surface area contributed by atoms with Crippen LogP contribution in [0.5, 0.6) is 0 Å². The van der Waals surface area contributed by atoms with Gasteiger partial charge in [0.1, 0.15) is 5.38 Å². The fourth-order valence-electron chi connectivity index (χ4n) is 0.905. The van der Waals surface area contributed by atoms with Gasteiger partial charge >= 0.3 is 0 Å². The Morgan fingerprint density at radius 1 is 1.62 bits per heavy atom. The van der Waals surface area contributed by atoms with E-state index in [2.05, 4.69) is 10.1 Å². The van der Waals surface area contributed by atoms with Gasteiger partial charge in [-0.2, -0.15) is 4.98 Å². The molecule has 0 spiro atoms. The van der Waals surface area contributed by atoms with Crippen LogP contribution in [-0.4, -0.2) is 23.9 Å². The first kappa shape index (κ1) is 10.5. The zero-order chi connectivity index (χ0) is 9.68. The molecule has 0 N–H and O–H groups in total. The summed E-state index contributed by atoms with van der Waals surface area (Å²) in [5.41, 5.74) is 0. The number of aryl methyl sites for hydroxylation is 1. The first-order valence-electron chi connectivity index (χ1n) is 4.19. The normalized spacial score (nSPS) is 13.2. The average Bonchev–Trinajstić information content (AvgIpc) is 2.53. The molecule has 13 heavy (non-hydrogen) atoms. The summed E-state index contributed by atoms with van der Waals surface area (Å²) >= 11 is 5.76. The van der Waals surface area contributed by atoms with Crippen molar-refractivity contribution in [1.82, 2.24) is 10.1 Å². The molecule has 0 radical (unpaired) electrons. The van der Waals surface area contributed by atoms with Gasteiger partial charge in [0.15, 0.2) is 5.82 Å². The molecule has 0 aromatic carbocycles. The highest BCUT2D eigenvalue weighted by atomic mass is 35.5. The van der Waals surface area contributed by atoms with Gasteiger partial charge in [-0.05, 0) is 13.3 Å².